The Kier molecular flexibility index (Phi) is 6.05. The number of rotatable bonds is 6. The van der Waals surface area contributed by atoms with E-state index in [0.717, 1.165) is 11.4 Å². The minimum atomic E-state index is -0.295. The molecule has 1 amide bonds. The van der Waals surface area contributed by atoms with Gasteiger partial charge in [0.15, 0.2) is 5.16 Å². The van der Waals surface area contributed by atoms with Gasteiger partial charge < -0.3 is 9.64 Å². The largest absolute Gasteiger partial charge is 0.495 e. The van der Waals surface area contributed by atoms with Crippen LogP contribution < -0.4 is 4.74 Å². The predicted molar refractivity (Wildman–Crippen MR) is 112 cm³/mol. The van der Waals surface area contributed by atoms with Crippen molar-refractivity contribution in [3.8, 4) is 11.4 Å². The highest BCUT2D eigenvalue weighted by Crippen LogP contribution is 2.39. The summed E-state index contributed by atoms with van der Waals surface area (Å²) in [7, 11) is 1.60. The monoisotopic (exact) mass is 430 g/mol. The molecule has 1 saturated heterocycles. The van der Waals surface area contributed by atoms with Crippen molar-refractivity contribution < 1.29 is 13.9 Å². The number of carbonyl (C=O) groups is 1. The van der Waals surface area contributed by atoms with E-state index < -0.39 is 0 Å². The molecule has 9 heteroatoms. The molecule has 0 bridgehead atoms. The minimum absolute atomic E-state index is 0.0529. The normalized spacial score (nSPS) is 16.2. The first-order chi connectivity index (χ1) is 14.2. The Morgan fingerprint density at radius 1 is 1.28 bits per heavy atom. The molecule has 1 atom stereocenters. The van der Waals surface area contributed by atoms with E-state index in [2.05, 4.69) is 10.2 Å². The van der Waals surface area contributed by atoms with E-state index >= 15 is 0 Å². The van der Waals surface area contributed by atoms with Crippen molar-refractivity contribution >= 4 is 29.4 Å². The zero-order valence-corrected chi connectivity index (χ0v) is 17.3. The molecule has 0 unspecified atom stereocenters. The standard InChI is InChI=1S/C20H19FN4O2S2/c1-27-17-9-5-4-8-16(17)25-13-22-23-20(25)29-12-18(26)24-10-11-28-19(24)14-6-2-3-7-15(14)21/h2-9,13,19H,10-12H2,1H3/t19-/m1/s1. The van der Waals surface area contributed by atoms with Crippen LogP contribution in [0.5, 0.6) is 5.75 Å². The predicted octanol–water partition coefficient (Wildman–Crippen LogP) is 3.78. The summed E-state index contributed by atoms with van der Waals surface area (Å²) in [5, 5.41) is 8.42. The SMILES string of the molecule is COc1ccccc1-n1cnnc1SCC(=O)N1CCS[C@@H]1c1ccccc1F. The molecule has 4 rings (SSSR count). The molecule has 0 aliphatic carbocycles. The number of hydrogen-bond acceptors (Lipinski definition) is 6. The maximum absolute atomic E-state index is 14.2. The number of hydrogen-bond donors (Lipinski definition) is 0. The lowest BCUT2D eigenvalue weighted by Crippen LogP contribution is -2.32. The summed E-state index contributed by atoms with van der Waals surface area (Å²) in [6.07, 6.45) is 1.60. The molecular weight excluding hydrogens is 411 g/mol. The summed E-state index contributed by atoms with van der Waals surface area (Å²) in [5.74, 6) is 1.33. The van der Waals surface area contributed by atoms with E-state index in [0.29, 0.717) is 23.0 Å². The third-order valence-corrected chi connectivity index (χ3v) is 6.74. The average molecular weight is 431 g/mol. The Bertz CT molecular complexity index is 1010. The van der Waals surface area contributed by atoms with Crippen molar-refractivity contribution in [2.75, 3.05) is 25.2 Å². The van der Waals surface area contributed by atoms with Gasteiger partial charge >= 0.3 is 0 Å². The molecule has 1 aliphatic heterocycles. The Labute approximate surface area is 176 Å². The first kappa shape index (κ1) is 19.8. The lowest BCUT2D eigenvalue weighted by molar-refractivity contribution is -0.128. The van der Waals surface area contributed by atoms with Crippen LogP contribution in [-0.4, -0.2) is 50.7 Å². The van der Waals surface area contributed by atoms with E-state index in [1.54, 1.807) is 52.9 Å². The summed E-state index contributed by atoms with van der Waals surface area (Å²) in [6, 6.07) is 14.2. The third-order valence-electron chi connectivity index (χ3n) is 4.57. The topological polar surface area (TPSA) is 60.2 Å². The summed E-state index contributed by atoms with van der Waals surface area (Å²) >= 11 is 2.88. The zero-order valence-electron chi connectivity index (χ0n) is 15.7. The van der Waals surface area contributed by atoms with Crippen LogP contribution in [0, 0.1) is 5.82 Å². The Hall–Kier alpha value is -2.52. The number of benzene rings is 2. The van der Waals surface area contributed by atoms with Crippen LogP contribution in [-0.2, 0) is 4.79 Å². The zero-order chi connectivity index (χ0) is 20.2. The molecule has 0 radical (unpaired) electrons. The first-order valence-corrected chi connectivity index (χ1v) is 11.0. The van der Waals surface area contributed by atoms with Crippen molar-refractivity contribution in [2.45, 2.75) is 10.5 Å². The van der Waals surface area contributed by atoms with Gasteiger partial charge in [0.25, 0.3) is 0 Å². The van der Waals surface area contributed by atoms with E-state index in [4.69, 9.17) is 4.74 Å². The summed E-state index contributed by atoms with van der Waals surface area (Å²) in [5.41, 5.74) is 1.35. The van der Waals surface area contributed by atoms with Crippen molar-refractivity contribution in [1.82, 2.24) is 19.7 Å². The average Bonchev–Trinajstić information content (AvgIpc) is 3.42. The van der Waals surface area contributed by atoms with Crippen molar-refractivity contribution in [1.29, 1.82) is 0 Å². The molecule has 150 valence electrons. The fraction of sp³-hybridized carbons (Fsp3) is 0.250. The fourth-order valence-electron chi connectivity index (χ4n) is 3.18. The maximum atomic E-state index is 14.2. The smallest absolute Gasteiger partial charge is 0.234 e. The summed E-state index contributed by atoms with van der Waals surface area (Å²) in [4.78, 5) is 14.6. The Morgan fingerprint density at radius 3 is 2.90 bits per heavy atom. The van der Waals surface area contributed by atoms with Gasteiger partial charge in [0.05, 0.1) is 18.6 Å². The molecule has 3 aromatic rings. The van der Waals surface area contributed by atoms with Gasteiger partial charge in [-0.15, -0.1) is 22.0 Å². The van der Waals surface area contributed by atoms with E-state index in [1.807, 2.05) is 24.3 Å². The van der Waals surface area contributed by atoms with Crippen LogP contribution in [0.15, 0.2) is 60.0 Å². The fourth-order valence-corrected chi connectivity index (χ4v) is 5.29. The molecule has 0 N–H and O–H groups in total. The second kappa shape index (κ2) is 8.87. The van der Waals surface area contributed by atoms with Gasteiger partial charge in [-0.2, -0.15) is 0 Å². The van der Waals surface area contributed by atoms with Crippen LogP contribution in [0.3, 0.4) is 0 Å². The van der Waals surface area contributed by atoms with Gasteiger partial charge in [0.2, 0.25) is 5.91 Å². The van der Waals surface area contributed by atoms with Crippen LogP contribution in [0.4, 0.5) is 4.39 Å². The number of halogens is 1. The van der Waals surface area contributed by atoms with Crippen molar-refractivity contribution in [3.63, 3.8) is 0 Å². The number of para-hydroxylation sites is 2. The van der Waals surface area contributed by atoms with Crippen LogP contribution >= 0.6 is 23.5 Å². The van der Waals surface area contributed by atoms with Gasteiger partial charge in [-0.05, 0) is 18.2 Å². The van der Waals surface area contributed by atoms with Gasteiger partial charge in [0, 0.05) is 17.9 Å². The number of ether oxygens (including phenoxy) is 1. The lowest BCUT2D eigenvalue weighted by atomic mass is 10.2. The quantitative estimate of drug-likeness (QED) is 0.555. The third kappa shape index (κ3) is 4.11. The maximum Gasteiger partial charge on any atom is 0.234 e. The highest BCUT2D eigenvalue weighted by molar-refractivity contribution is 8.00. The molecule has 0 spiro atoms. The molecule has 2 aromatic carbocycles. The number of nitrogens with zero attached hydrogens (tertiary/aromatic N) is 4. The van der Waals surface area contributed by atoms with E-state index in [-0.39, 0.29) is 22.9 Å². The second-order valence-corrected chi connectivity index (χ2v) is 8.41. The van der Waals surface area contributed by atoms with Crippen LogP contribution in [0.2, 0.25) is 0 Å². The number of aromatic nitrogens is 3. The number of methoxy groups -OCH3 is 1. The molecule has 1 fully saturated rings. The second-order valence-electron chi connectivity index (χ2n) is 6.28. The number of amides is 1. The highest BCUT2D eigenvalue weighted by atomic mass is 32.2. The van der Waals surface area contributed by atoms with Crippen molar-refractivity contribution in [3.05, 3.63) is 66.2 Å². The van der Waals surface area contributed by atoms with Crippen molar-refractivity contribution in [2.24, 2.45) is 0 Å². The molecule has 6 nitrogen and oxygen atoms in total. The molecule has 1 aromatic heterocycles. The molecular formula is C20H19FN4O2S2. The van der Waals surface area contributed by atoms with Crippen LogP contribution in [0.25, 0.3) is 5.69 Å². The van der Waals surface area contributed by atoms with Gasteiger partial charge in [0.1, 0.15) is 23.3 Å². The van der Waals surface area contributed by atoms with E-state index in [9.17, 15) is 9.18 Å². The molecule has 2 heterocycles. The summed E-state index contributed by atoms with van der Waals surface area (Å²) in [6.45, 7) is 0.599. The Balaban J connectivity index is 1.48. The van der Waals surface area contributed by atoms with Gasteiger partial charge in [-0.25, -0.2) is 4.39 Å². The number of carbonyl (C=O) groups excluding carboxylic acids is 1. The highest BCUT2D eigenvalue weighted by Gasteiger charge is 2.32. The molecule has 29 heavy (non-hydrogen) atoms. The molecule has 0 saturated carbocycles. The minimum Gasteiger partial charge on any atom is -0.495 e. The van der Waals surface area contributed by atoms with Gasteiger partial charge in [-0.1, -0.05) is 42.1 Å². The Morgan fingerprint density at radius 2 is 2.07 bits per heavy atom. The summed E-state index contributed by atoms with van der Waals surface area (Å²) < 4.78 is 21.4. The first-order valence-electron chi connectivity index (χ1n) is 9.00. The van der Waals surface area contributed by atoms with Crippen LogP contribution in [0.1, 0.15) is 10.9 Å². The molecule has 1 aliphatic rings. The lowest BCUT2D eigenvalue weighted by Gasteiger charge is -2.24. The number of thioether (sulfide) groups is 2. The van der Waals surface area contributed by atoms with Gasteiger partial charge in [-0.3, -0.25) is 9.36 Å². The van der Waals surface area contributed by atoms with E-state index in [1.165, 1.54) is 17.8 Å².